The van der Waals surface area contributed by atoms with Gasteiger partial charge in [0.2, 0.25) is 5.91 Å². The molecule has 0 spiro atoms. The molecule has 2 rings (SSSR count). The van der Waals surface area contributed by atoms with Crippen molar-refractivity contribution in [1.29, 1.82) is 0 Å². The second kappa shape index (κ2) is 6.61. The third-order valence-corrected chi connectivity index (χ3v) is 3.69. The molecular weight excluding hydrogens is 266 g/mol. The molecule has 3 amide bonds. The topological polar surface area (TPSA) is 61.4 Å². The number of carbonyl (C=O) groups excluding carboxylic acids is 2. The Morgan fingerprint density at radius 2 is 2.19 bits per heavy atom. The summed E-state index contributed by atoms with van der Waals surface area (Å²) in [4.78, 5) is 25.4. The summed E-state index contributed by atoms with van der Waals surface area (Å²) in [5, 5.41) is 5.72. The Hall–Kier alpha value is -2.04. The molecule has 0 atom stereocenters. The fourth-order valence-corrected chi connectivity index (χ4v) is 2.52. The van der Waals surface area contributed by atoms with E-state index in [0.29, 0.717) is 19.0 Å². The molecule has 0 unspecified atom stereocenters. The summed E-state index contributed by atoms with van der Waals surface area (Å²) in [5.74, 6) is 0.182. The zero-order valence-electron chi connectivity index (χ0n) is 12.9. The van der Waals surface area contributed by atoms with Gasteiger partial charge in [-0.1, -0.05) is 32.0 Å². The maximum atomic E-state index is 12.2. The van der Waals surface area contributed by atoms with E-state index >= 15 is 0 Å². The standard InChI is InChI=1S/C16H23N3O2/c1-11(2)13-7-4-6-12(3)15(13)18-14(20)10-19-9-5-8-17-16(19)21/h4,6-7,11H,5,8-10H2,1-3H3,(H,17,21)(H,18,20). The van der Waals surface area contributed by atoms with Crippen molar-refractivity contribution in [2.24, 2.45) is 0 Å². The fraction of sp³-hybridized carbons (Fsp3) is 0.500. The van der Waals surface area contributed by atoms with Gasteiger partial charge in [0, 0.05) is 18.8 Å². The largest absolute Gasteiger partial charge is 0.338 e. The number of amides is 3. The van der Waals surface area contributed by atoms with E-state index in [2.05, 4.69) is 24.5 Å². The van der Waals surface area contributed by atoms with Gasteiger partial charge >= 0.3 is 6.03 Å². The number of para-hydroxylation sites is 1. The average Bonchev–Trinajstić information content (AvgIpc) is 2.43. The molecule has 1 aliphatic rings. The van der Waals surface area contributed by atoms with Crippen LogP contribution in [0.5, 0.6) is 0 Å². The van der Waals surface area contributed by atoms with Crippen LogP contribution in [-0.4, -0.2) is 36.5 Å². The number of carbonyl (C=O) groups is 2. The summed E-state index contributed by atoms with van der Waals surface area (Å²) in [6.07, 6.45) is 0.876. The minimum atomic E-state index is -0.162. The highest BCUT2D eigenvalue weighted by atomic mass is 16.2. The number of hydrogen-bond donors (Lipinski definition) is 2. The Morgan fingerprint density at radius 3 is 2.86 bits per heavy atom. The molecule has 1 fully saturated rings. The van der Waals surface area contributed by atoms with E-state index in [1.807, 2.05) is 25.1 Å². The van der Waals surface area contributed by atoms with Gasteiger partial charge in [0.25, 0.3) is 0 Å². The first-order valence-corrected chi connectivity index (χ1v) is 7.41. The summed E-state index contributed by atoms with van der Waals surface area (Å²) in [7, 11) is 0. The molecule has 1 aromatic rings. The molecule has 1 saturated heterocycles. The van der Waals surface area contributed by atoms with Crippen molar-refractivity contribution in [3.05, 3.63) is 29.3 Å². The lowest BCUT2D eigenvalue weighted by atomic mass is 9.98. The predicted molar refractivity (Wildman–Crippen MR) is 83.5 cm³/mol. The molecule has 21 heavy (non-hydrogen) atoms. The van der Waals surface area contributed by atoms with Gasteiger partial charge in [-0.05, 0) is 30.4 Å². The lowest BCUT2D eigenvalue weighted by Gasteiger charge is -2.27. The molecule has 1 aromatic carbocycles. The Bertz CT molecular complexity index is 540. The third kappa shape index (κ3) is 3.74. The van der Waals surface area contributed by atoms with Crippen LogP contribution in [0.2, 0.25) is 0 Å². The molecule has 0 bridgehead atoms. The van der Waals surface area contributed by atoms with Gasteiger partial charge in [0.1, 0.15) is 6.54 Å². The zero-order chi connectivity index (χ0) is 15.4. The Balaban J connectivity index is 2.07. The summed E-state index contributed by atoms with van der Waals surface area (Å²) in [5.41, 5.74) is 3.03. The lowest BCUT2D eigenvalue weighted by Crippen LogP contribution is -2.49. The third-order valence-electron chi connectivity index (χ3n) is 3.69. The fourth-order valence-electron chi connectivity index (χ4n) is 2.52. The highest BCUT2D eigenvalue weighted by Crippen LogP contribution is 2.27. The van der Waals surface area contributed by atoms with Crippen LogP contribution >= 0.6 is 0 Å². The molecule has 2 N–H and O–H groups in total. The van der Waals surface area contributed by atoms with Crippen molar-refractivity contribution in [1.82, 2.24) is 10.2 Å². The first-order chi connectivity index (χ1) is 9.99. The van der Waals surface area contributed by atoms with Gasteiger partial charge in [-0.2, -0.15) is 0 Å². The monoisotopic (exact) mass is 289 g/mol. The minimum absolute atomic E-state index is 0.0949. The lowest BCUT2D eigenvalue weighted by molar-refractivity contribution is -0.116. The average molecular weight is 289 g/mol. The molecule has 1 aliphatic heterocycles. The van der Waals surface area contributed by atoms with E-state index in [-0.39, 0.29) is 18.5 Å². The zero-order valence-corrected chi connectivity index (χ0v) is 12.9. The quantitative estimate of drug-likeness (QED) is 0.894. The summed E-state index contributed by atoms with van der Waals surface area (Å²) >= 11 is 0. The van der Waals surface area contributed by atoms with Gasteiger partial charge in [0.05, 0.1) is 0 Å². The number of hydrogen-bond acceptors (Lipinski definition) is 2. The Morgan fingerprint density at radius 1 is 1.43 bits per heavy atom. The normalized spacial score (nSPS) is 15.0. The summed E-state index contributed by atoms with van der Waals surface area (Å²) in [6.45, 7) is 7.59. The Labute approximate surface area is 125 Å². The predicted octanol–water partition coefficient (Wildman–Crippen LogP) is 2.47. The van der Waals surface area contributed by atoms with Crippen molar-refractivity contribution in [2.75, 3.05) is 25.0 Å². The molecule has 0 aliphatic carbocycles. The van der Waals surface area contributed by atoms with Gasteiger partial charge in [-0.15, -0.1) is 0 Å². The molecule has 114 valence electrons. The maximum Gasteiger partial charge on any atom is 0.317 e. The van der Waals surface area contributed by atoms with Crippen LogP contribution in [0.25, 0.3) is 0 Å². The smallest absolute Gasteiger partial charge is 0.317 e. The number of nitrogens with zero attached hydrogens (tertiary/aromatic N) is 1. The number of nitrogens with one attached hydrogen (secondary N) is 2. The molecule has 0 radical (unpaired) electrons. The van der Waals surface area contributed by atoms with Gasteiger partial charge in [0.15, 0.2) is 0 Å². The highest BCUT2D eigenvalue weighted by Gasteiger charge is 2.21. The van der Waals surface area contributed by atoms with Crippen LogP contribution in [-0.2, 0) is 4.79 Å². The van der Waals surface area contributed by atoms with Crippen LogP contribution in [0.15, 0.2) is 18.2 Å². The highest BCUT2D eigenvalue weighted by molar-refractivity contribution is 5.95. The van der Waals surface area contributed by atoms with Crippen LogP contribution in [0, 0.1) is 6.92 Å². The molecule has 1 heterocycles. The molecular formula is C16H23N3O2. The van der Waals surface area contributed by atoms with Gasteiger partial charge in [-0.3, -0.25) is 4.79 Å². The molecule has 5 nitrogen and oxygen atoms in total. The van der Waals surface area contributed by atoms with E-state index in [1.165, 1.54) is 0 Å². The van der Waals surface area contributed by atoms with Crippen molar-refractivity contribution in [3.63, 3.8) is 0 Å². The first kappa shape index (κ1) is 15.4. The number of aryl methyl sites for hydroxylation is 1. The van der Waals surface area contributed by atoms with E-state index in [0.717, 1.165) is 23.2 Å². The minimum Gasteiger partial charge on any atom is -0.338 e. The molecule has 0 saturated carbocycles. The van der Waals surface area contributed by atoms with E-state index < -0.39 is 0 Å². The van der Waals surface area contributed by atoms with Gasteiger partial charge in [-0.25, -0.2) is 4.79 Å². The van der Waals surface area contributed by atoms with E-state index in [4.69, 9.17) is 0 Å². The van der Waals surface area contributed by atoms with Crippen molar-refractivity contribution >= 4 is 17.6 Å². The maximum absolute atomic E-state index is 12.2. The summed E-state index contributed by atoms with van der Waals surface area (Å²) < 4.78 is 0. The summed E-state index contributed by atoms with van der Waals surface area (Å²) in [6, 6.07) is 5.85. The first-order valence-electron chi connectivity index (χ1n) is 7.41. The van der Waals surface area contributed by atoms with Crippen molar-refractivity contribution in [2.45, 2.75) is 33.1 Å². The number of benzene rings is 1. The van der Waals surface area contributed by atoms with Crippen LogP contribution in [0.4, 0.5) is 10.5 Å². The van der Waals surface area contributed by atoms with Crippen molar-refractivity contribution in [3.8, 4) is 0 Å². The van der Waals surface area contributed by atoms with Crippen molar-refractivity contribution < 1.29 is 9.59 Å². The number of rotatable bonds is 4. The Kier molecular flexibility index (Phi) is 4.83. The number of urea groups is 1. The molecule has 5 heteroatoms. The number of anilines is 1. The second-order valence-electron chi connectivity index (χ2n) is 5.75. The van der Waals surface area contributed by atoms with Crippen LogP contribution in [0.3, 0.4) is 0 Å². The molecule has 0 aromatic heterocycles. The SMILES string of the molecule is Cc1cccc(C(C)C)c1NC(=O)CN1CCCNC1=O. The van der Waals surface area contributed by atoms with E-state index in [9.17, 15) is 9.59 Å². The van der Waals surface area contributed by atoms with Crippen LogP contribution < -0.4 is 10.6 Å². The van der Waals surface area contributed by atoms with Crippen LogP contribution in [0.1, 0.15) is 37.3 Å². The van der Waals surface area contributed by atoms with Gasteiger partial charge < -0.3 is 15.5 Å². The second-order valence-corrected chi connectivity index (χ2v) is 5.75. The van der Waals surface area contributed by atoms with E-state index in [1.54, 1.807) is 4.90 Å².